The van der Waals surface area contributed by atoms with Gasteiger partial charge in [0.1, 0.15) is 12.6 Å². The third kappa shape index (κ3) is 6.69. The van der Waals surface area contributed by atoms with Crippen LogP contribution >= 0.6 is 11.6 Å². The van der Waals surface area contributed by atoms with Gasteiger partial charge in [-0.15, -0.1) is 0 Å². The van der Waals surface area contributed by atoms with Crippen molar-refractivity contribution in [2.75, 3.05) is 58.0 Å². The molecule has 3 aromatic rings. The minimum Gasteiger partial charge on any atom is -0.387 e. The molecule has 1 aromatic carbocycles. The van der Waals surface area contributed by atoms with E-state index in [1.54, 1.807) is 14.1 Å². The number of likely N-dealkylation sites (tertiary alicyclic amines) is 2. The summed E-state index contributed by atoms with van der Waals surface area (Å²) in [5, 5.41) is 15.8. The van der Waals surface area contributed by atoms with Crippen molar-refractivity contribution in [3.8, 4) is 11.3 Å². The molecule has 4 heterocycles. The average Bonchev–Trinajstić information content (AvgIpc) is 3.50. The Labute approximate surface area is 270 Å². The Balaban J connectivity index is 1.18. The number of amides is 3. The molecule has 2 aliphatic heterocycles. The quantitative estimate of drug-likeness (QED) is 0.263. The molecule has 15 heteroatoms. The highest BCUT2D eigenvalue weighted by molar-refractivity contribution is 6.34. The maximum absolute atomic E-state index is 14.7. The second-order valence-electron chi connectivity index (χ2n) is 12.6. The molecule has 12 nitrogen and oxygen atoms in total. The predicted octanol–water partition coefficient (Wildman–Crippen LogP) is 2.66. The molecular formula is C31H38ClF2N8O4+. The summed E-state index contributed by atoms with van der Waals surface area (Å²) >= 11 is 6.43. The van der Waals surface area contributed by atoms with Gasteiger partial charge in [-0.3, -0.25) is 14.4 Å². The molecule has 0 unspecified atom stereocenters. The Kier molecular flexibility index (Phi) is 9.34. The number of anilines is 2. The first-order valence-corrected chi connectivity index (χ1v) is 15.3. The third-order valence-corrected chi connectivity index (χ3v) is 9.03. The van der Waals surface area contributed by atoms with Crippen molar-refractivity contribution in [1.29, 1.82) is 0 Å². The van der Waals surface area contributed by atoms with E-state index in [2.05, 4.69) is 20.6 Å². The lowest BCUT2D eigenvalue weighted by molar-refractivity contribution is -0.894. The summed E-state index contributed by atoms with van der Waals surface area (Å²) in [6.45, 7) is 1.55. The molecular weight excluding hydrogens is 622 g/mol. The number of quaternary nitrogens is 1. The first-order valence-electron chi connectivity index (χ1n) is 14.9. The normalized spacial score (nSPS) is 19.6. The molecule has 0 aliphatic carbocycles. The van der Waals surface area contributed by atoms with Crippen molar-refractivity contribution < 1.29 is 32.8 Å². The number of hydrogen-bond acceptors (Lipinski definition) is 7. The van der Waals surface area contributed by atoms with Crippen LogP contribution in [0.5, 0.6) is 0 Å². The average molecular weight is 660 g/mol. The zero-order valence-corrected chi connectivity index (χ0v) is 27.1. The smallest absolute Gasteiger partial charge is 0.291 e. The largest absolute Gasteiger partial charge is 0.387 e. The van der Waals surface area contributed by atoms with Crippen LogP contribution in [-0.2, 0) is 11.8 Å². The van der Waals surface area contributed by atoms with Crippen molar-refractivity contribution in [2.24, 2.45) is 7.05 Å². The molecule has 2 aromatic heterocycles. The van der Waals surface area contributed by atoms with E-state index in [0.717, 1.165) is 6.07 Å². The van der Waals surface area contributed by atoms with Gasteiger partial charge in [0, 0.05) is 52.4 Å². The van der Waals surface area contributed by atoms with Gasteiger partial charge in [-0.2, -0.15) is 9.37 Å². The van der Waals surface area contributed by atoms with E-state index >= 15 is 0 Å². The van der Waals surface area contributed by atoms with Crippen LogP contribution in [0.2, 0.25) is 5.02 Å². The summed E-state index contributed by atoms with van der Waals surface area (Å²) in [4.78, 5) is 50.1. The molecule has 2 atom stereocenters. The topological polar surface area (TPSA) is 133 Å². The lowest BCUT2D eigenvalue weighted by atomic mass is 10.0. The summed E-state index contributed by atoms with van der Waals surface area (Å²) in [6.07, 6.45) is 2.39. The Bertz CT molecular complexity index is 1670. The lowest BCUT2D eigenvalue weighted by Crippen LogP contribution is -2.56. The Hall–Kier alpha value is -4.14. The molecule has 246 valence electrons. The van der Waals surface area contributed by atoms with Crippen LogP contribution in [0.3, 0.4) is 0 Å². The molecule has 2 fully saturated rings. The van der Waals surface area contributed by atoms with Crippen molar-refractivity contribution in [2.45, 2.75) is 37.5 Å². The van der Waals surface area contributed by atoms with E-state index in [4.69, 9.17) is 11.6 Å². The highest BCUT2D eigenvalue weighted by Gasteiger charge is 2.46. The van der Waals surface area contributed by atoms with Gasteiger partial charge in [-0.25, -0.2) is 9.37 Å². The summed E-state index contributed by atoms with van der Waals surface area (Å²) < 4.78 is 31.0. The number of likely N-dealkylation sites (N-methyl/N-ethyl adjacent to an activating group) is 1. The van der Waals surface area contributed by atoms with Gasteiger partial charge in [0.25, 0.3) is 17.7 Å². The number of carbonyl (C=O) groups excluding carboxylic acids is 3. The van der Waals surface area contributed by atoms with Crippen LogP contribution in [0.25, 0.3) is 11.3 Å². The van der Waals surface area contributed by atoms with Crippen LogP contribution in [-0.4, -0.2) is 113 Å². The number of piperidine rings is 1. The van der Waals surface area contributed by atoms with Crippen LogP contribution < -0.4 is 15.5 Å². The SMILES string of the molecule is CN(C)c1nc(F)c(-c2cnc(C(=O)Nc3ccc(C(=O)NC4CCN(C(=O)[C@@H]5C[C@@H](O)C[N+]5(C)C)CC4)c(Cl)c3)n2C)cc1F. The summed E-state index contributed by atoms with van der Waals surface area (Å²) in [5.74, 6) is -2.83. The standard InChI is InChI=1S/C31H37ClF2N8O4/c1-39(2)27-23(33)14-21(26(34)38-27)24-15-35-28(40(24)3)30(45)37-18-6-7-20(22(32)12-18)29(44)36-17-8-10-41(11-9-17)31(46)25-13-19(43)16-42(25,4)5/h6-7,12,14-15,17,19,25,43H,8-11,13,16H2,1-5H3,(H-,36,37,44,45)/p+1/t19-,25+/m1/s1. The molecule has 0 bridgehead atoms. The van der Waals surface area contributed by atoms with E-state index in [-0.39, 0.29) is 57.4 Å². The predicted molar refractivity (Wildman–Crippen MR) is 169 cm³/mol. The van der Waals surface area contributed by atoms with Gasteiger partial charge in [-0.1, -0.05) is 11.6 Å². The number of aromatic nitrogens is 3. The van der Waals surface area contributed by atoms with Gasteiger partial charge in [-0.05, 0) is 37.1 Å². The fourth-order valence-corrected chi connectivity index (χ4v) is 6.46. The zero-order valence-electron chi connectivity index (χ0n) is 26.4. The van der Waals surface area contributed by atoms with Crippen LogP contribution in [0, 0.1) is 11.8 Å². The van der Waals surface area contributed by atoms with Crippen molar-refractivity contribution >= 4 is 40.8 Å². The van der Waals surface area contributed by atoms with Gasteiger partial charge >= 0.3 is 0 Å². The number of nitrogens with zero attached hydrogens (tertiary/aromatic N) is 6. The van der Waals surface area contributed by atoms with Gasteiger partial charge < -0.3 is 34.6 Å². The van der Waals surface area contributed by atoms with Crippen molar-refractivity contribution in [1.82, 2.24) is 24.8 Å². The first kappa shape index (κ1) is 33.2. The van der Waals surface area contributed by atoms with Crippen LogP contribution in [0.4, 0.5) is 20.3 Å². The van der Waals surface area contributed by atoms with Gasteiger partial charge in [0.15, 0.2) is 23.5 Å². The maximum atomic E-state index is 14.7. The fraction of sp³-hybridized carbons (Fsp3) is 0.452. The Morgan fingerprint density at radius 3 is 2.41 bits per heavy atom. The Morgan fingerprint density at radius 2 is 1.80 bits per heavy atom. The summed E-state index contributed by atoms with van der Waals surface area (Å²) in [7, 11) is 8.49. The monoisotopic (exact) mass is 659 g/mol. The Morgan fingerprint density at radius 1 is 1.11 bits per heavy atom. The minimum atomic E-state index is -0.909. The number of nitrogens with one attached hydrogen (secondary N) is 2. The number of benzene rings is 1. The number of imidazole rings is 1. The van der Waals surface area contributed by atoms with E-state index in [0.29, 0.717) is 49.1 Å². The number of carbonyl (C=O) groups is 3. The van der Waals surface area contributed by atoms with Gasteiger partial charge in [0.2, 0.25) is 5.95 Å². The highest BCUT2D eigenvalue weighted by Crippen LogP contribution is 2.29. The molecule has 3 N–H and O–H groups in total. The third-order valence-electron chi connectivity index (χ3n) is 8.72. The van der Waals surface area contributed by atoms with Gasteiger partial charge in [0.05, 0.1) is 42.1 Å². The minimum absolute atomic E-state index is 0.0329. The second kappa shape index (κ2) is 12.9. The molecule has 0 spiro atoms. The number of aliphatic hydroxyl groups excluding tert-OH is 1. The number of halogens is 3. The lowest BCUT2D eigenvalue weighted by Gasteiger charge is -2.37. The van der Waals surface area contributed by atoms with E-state index in [9.17, 15) is 28.3 Å². The fourth-order valence-electron chi connectivity index (χ4n) is 6.19. The molecule has 0 radical (unpaired) electrons. The summed E-state index contributed by atoms with van der Waals surface area (Å²) in [5.41, 5.74) is 0.530. The van der Waals surface area contributed by atoms with Crippen LogP contribution in [0.15, 0.2) is 30.5 Å². The molecule has 46 heavy (non-hydrogen) atoms. The van der Waals surface area contributed by atoms with Crippen LogP contribution in [0.1, 0.15) is 40.2 Å². The number of rotatable bonds is 7. The van der Waals surface area contributed by atoms with E-state index in [1.807, 2.05) is 19.0 Å². The summed E-state index contributed by atoms with van der Waals surface area (Å²) in [6, 6.07) is 5.05. The molecule has 3 amide bonds. The molecule has 0 saturated carbocycles. The van der Waals surface area contributed by atoms with E-state index in [1.165, 1.54) is 40.9 Å². The first-order chi connectivity index (χ1) is 21.7. The number of aliphatic hydroxyl groups is 1. The maximum Gasteiger partial charge on any atom is 0.291 e. The van der Waals surface area contributed by atoms with E-state index < -0.39 is 23.8 Å². The second-order valence-corrected chi connectivity index (χ2v) is 13.0. The number of hydrogen-bond donors (Lipinski definition) is 3. The molecule has 2 saturated heterocycles. The number of pyridine rings is 1. The van der Waals surface area contributed by atoms with Crippen molar-refractivity contribution in [3.63, 3.8) is 0 Å². The zero-order chi connectivity index (χ0) is 33.5. The molecule has 5 rings (SSSR count). The van der Waals surface area contributed by atoms with Crippen molar-refractivity contribution in [3.05, 3.63) is 58.6 Å². The highest BCUT2D eigenvalue weighted by atomic mass is 35.5. The molecule has 2 aliphatic rings.